The highest BCUT2D eigenvalue weighted by atomic mass is 32.1. The SMILES string of the molecule is COc1cc(/C=C2/NC(=S)NC2=O)ccc1OCc1ccc(F)cc1. The topological polar surface area (TPSA) is 59.6 Å². The van der Waals surface area contributed by atoms with E-state index in [0.29, 0.717) is 17.2 Å². The molecule has 0 atom stereocenters. The van der Waals surface area contributed by atoms with Crippen LogP contribution in [0.4, 0.5) is 4.39 Å². The van der Waals surface area contributed by atoms with Gasteiger partial charge in [-0.05, 0) is 53.7 Å². The maximum atomic E-state index is 12.9. The summed E-state index contributed by atoms with van der Waals surface area (Å²) in [5.41, 5.74) is 1.97. The first-order valence-corrected chi connectivity index (χ1v) is 7.85. The maximum absolute atomic E-state index is 12.9. The Bertz CT molecular complexity index is 850. The van der Waals surface area contributed by atoms with E-state index in [2.05, 4.69) is 10.6 Å². The standard InChI is InChI=1S/C18H15FN2O3S/c1-23-16-9-12(8-14-17(22)21-18(25)20-14)4-7-15(16)24-10-11-2-5-13(19)6-3-11/h2-9H,10H2,1H3,(H2,20,21,22,25)/b14-8+. The monoisotopic (exact) mass is 358 g/mol. The summed E-state index contributed by atoms with van der Waals surface area (Å²) in [5, 5.41) is 5.56. The molecule has 5 nitrogen and oxygen atoms in total. The molecule has 1 heterocycles. The molecule has 0 aromatic heterocycles. The van der Waals surface area contributed by atoms with E-state index >= 15 is 0 Å². The second kappa shape index (κ2) is 7.31. The number of hydrogen-bond acceptors (Lipinski definition) is 4. The van der Waals surface area contributed by atoms with Gasteiger partial charge in [0.05, 0.1) is 7.11 Å². The van der Waals surface area contributed by atoms with Crippen molar-refractivity contribution in [2.45, 2.75) is 6.61 Å². The fraction of sp³-hybridized carbons (Fsp3) is 0.111. The van der Waals surface area contributed by atoms with Crippen molar-refractivity contribution in [1.29, 1.82) is 0 Å². The quantitative estimate of drug-likeness (QED) is 0.636. The van der Waals surface area contributed by atoms with E-state index in [1.165, 1.54) is 19.2 Å². The van der Waals surface area contributed by atoms with Crippen molar-refractivity contribution in [1.82, 2.24) is 10.6 Å². The molecule has 0 bridgehead atoms. The third-order valence-corrected chi connectivity index (χ3v) is 3.73. The van der Waals surface area contributed by atoms with E-state index in [1.807, 2.05) is 0 Å². The number of halogens is 1. The summed E-state index contributed by atoms with van der Waals surface area (Å²) < 4.78 is 24.0. The molecule has 3 rings (SSSR count). The lowest BCUT2D eigenvalue weighted by Gasteiger charge is -2.11. The van der Waals surface area contributed by atoms with Crippen LogP contribution in [0.15, 0.2) is 48.2 Å². The molecule has 1 aliphatic rings. The van der Waals surface area contributed by atoms with Gasteiger partial charge in [0.2, 0.25) is 0 Å². The number of amides is 1. The molecule has 1 aliphatic heterocycles. The summed E-state index contributed by atoms with van der Waals surface area (Å²) >= 11 is 4.90. The Kier molecular flexibility index (Phi) is 4.95. The molecule has 0 aliphatic carbocycles. The number of benzene rings is 2. The van der Waals surface area contributed by atoms with Crippen LogP contribution in [0.25, 0.3) is 6.08 Å². The van der Waals surface area contributed by atoms with Gasteiger partial charge in [0, 0.05) is 0 Å². The van der Waals surface area contributed by atoms with E-state index in [1.54, 1.807) is 36.4 Å². The fourth-order valence-corrected chi connectivity index (χ4v) is 2.49. The number of ether oxygens (including phenoxy) is 2. The predicted octanol–water partition coefficient (Wildman–Crippen LogP) is 2.76. The van der Waals surface area contributed by atoms with Crippen molar-refractivity contribution in [3.05, 3.63) is 65.1 Å². The Morgan fingerprint density at radius 1 is 1.12 bits per heavy atom. The van der Waals surface area contributed by atoms with Crippen LogP contribution in [0.1, 0.15) is 11.1 Å². The van der Waals surface area contributed by atoms with Crippen LogP contribution in [0.2, 0.25) is 0 Å². The average molecular weight is 358 g/mol. The van der Waals surface area contributed by atoms with Gasteiger partial charge in [-0.1, -0.05) is 18.2 Å². The van der Waals surface area contributed by atoms with Crippen molar-refractivity contribution in [2.75, 3.05) is 7.11 Å². The number of hydrogen-bond donors (Lipinski definition) is 2. The fourth-order valence-electron chi connectivity index (χ4n) is 2.28. The smallest absolute Gasteiger partial charge is 0.273 e. The Labute approximate surface area is 149 Å². The van der Waals surface area contributed by atoms with Crippen molar-refractivity contribution >= 4 is 29.3 Å². The summed E-state index contributed by atoms with van der Waals surface area (Å²) in [4.78, 5) is 11.7. The predicted molar refractivity (Wildman–Crippen MR) is 95.6 cm³/mol. The van der Waals surface area contributed by atoms with E-state index in [0.717, 1.165) is 11.1 Å². The lowest BCUT2D eigenvalue weighted by Crippen LogP contribution is -2.21. The molecular weight excluding hydrogens is 343 g/mol. The number of carbonyl (C=O) groups excluding carboxylic acids is 1. The minimum atomic E-state index is -0.289. The van der Waals surface area contributed by atoms with Crippen LogP contribution in [0, 0.1) is 5.82 Å². The van der Waals surface area contributed by atoms with Crippen molar-refractivity contribution < 1.29 is 18.7 Å². The van der Waals surface area contributed by atoms with Gasteiger partial charge in [-0.2, -0.15) is 0 Å². The van der Waals surface area contributed by atoms with Crippen LogP contribution in [0.5, 0.6) is 11.5 Å². The highest BCUT2D eigenvalue weighted by Gasteiger charge is 2.20. The van der Waals surface area contributed by atoms with Crippen LogP contribution in [0.3, 0.4) is 0 Å². The minimum absolute atomic E-state index is 0.277. The average Bonchev–Trinajstić information content (AvgIpc) is 2.92. The Morgan fingerprint density at radius 2 is 1.88 bits per heavy atom. The molecule has 0 unspecified atom stereocenters. The summed E-state index contributed by atoms with van der Waals surface area (Å²) in [5.74, 6) is 0.508. The van der Waals surface area contributed by atoms with Crippen LogP contribution >= 0.6 is 12.2 Å². The van der Waals surface area contributed by atoms with Gasteiger partial charge in [-0.25, -0.2) is 4.39 Å². The van der Waals surface area contributed by atoms with Crippen LogP contribution < -0.4 is 20.1 Å². The highest BCUT2D eigenvalue weighted by Crippen LogP contribution is 2.29. The van der Waals surface area contributed by atoms with Gasteiger partial charge in [-0.15, -0.1) is 0 Å². The summed E-state index contributed by atoms with van der Waals surface area (Å²) in [7, 11) is 1.53. The lowest BCUT2D eigenvalue weighted by molar-refractivity contribution is -0.115. The van der Waals surface area contributed by atoms with E-state index < -0.39 is 0 Å². The van der Waals surface area contributed by atoms with Crippen LogP contribution in [-0.2, 0) is 11.4 Å². The number of thiocarbonyl (C=S) groups is 1. The normalized spacial score (nSPS) is 15.0. The molecule has 0 radical (unpaired) electrons. The van der Waals surface area contributed by atoms with E-state index in [9.17, 15) is 9.18 Å². The van der Waals surface area contributed by atoms with Crippen molar-refractivity contribution in [3.8, 4) is 11.5 Å². The Balaban J connectivity index is 1.75. The largest absolute Gasteiger partial charge is 0.493 e. The van der Waals surface area contributed by atoms with Gasteiger partial charge in [0.1, 0.15) is 18.1 Å². The molecule has 1 saturated heterocycles. The molecule has 2 aromatic rings. The van der Waals surface area contributed by atoms with Crippen molar-refractivity contribution in [3.63, 3.8) is 0 Å². The maximum Gasteiger partial charge on any atom is 0.273 e. The van der Waals surface area contributed by atoms with Gasteiger partial charge in [0.25, 0.3) is 5.91 Å². The molecule has 25 heavy (non-hydrogen) atoms. The summed E-state index contributed by atoms with van der Waals surface area (Å²) in [6.07, 6.45) is 1.67. The molecular formula is C18H15FN2O3S. The van der Waals surface area contributed by atoms with Gasteiger partial charge in [0.15, 0.2) is 16.6 Å². The molecule has 128 valence electrons. The Hall–Kier alpha value is -2.93. The first-order chi connectivity index (χ1) is 12.0. The third-order valence-electron chi connectivity index (χ3n) is 3.53. The molecule has 1 amide bonds. The van der Waals surface area contributed by atoms with E-state index in [4.69, 9.17) is 21.7 Å². The number of nitrogens with one attached hydrogen (secondary N) is 2. The Morgan fingerprint density at radius 3 is 2.52 bits per heavy atom. The first-order valence-electron chi connectivity index (χ1n) is 7.44. The van der Waals surface area contributed by atoms with E-state index in [-0.39, 0.29) is 23.4 Å². The second-order valence-corrected chi connectivity index (χ2v) is 5.70. The third kappa shape index (κ3) is 4.13. The first kappa shape index (κ1) is 16.9. The van der Waals surface area contributed by atoms with Gasteiger partial charge < -0.3 is 14.8 Å². The number of methoxy groups -OCH3 is 1. The zero-order valence-corrected chi connectivity index (χ0v) is 14.2. The summed E-state index contributed by atoms with van der Waals surface area (Å²) in [6.45, 7) is 0.287. The van der Waals surface area contributed by atoms with Gasteiger partial charge >= 0.3 is 0 Å². The minimum Gasteiger partial charge on any atom is -0.493 e. The molecule has 2 N–H and O–H groups in total. The highest BCUT2D eigenvalue weighted by molar-refractivity contribution is 7.80. The molecule has 0 saturated carbocycles. The van der Waals surface area contributed by atoms with Crippen LogP contribution in [-0.4, -0.2) is 18.1 Å². The van der Waals surface area contributed by atoms with Gasteiger partial charge in [-0.3, -0.25) is 10.1 Å². The molecule has 1 fully saturated rings. The lowest BCUT2D eigenvalue weighted by atomic mass is 10.1. The molecule has 7 heteroatoms. The molecule has 2 aromatic carbocycles. The second-order valence-electron chi connectivity index (χ2n) is 5.29. The zero-order chi connectivity index (χ0) is 17.8. The zero-order valence-electron chi connectivity index (χ0n) is 13.3. The van der Waals surface area contributed by atoms with Crippen molar-refractivity contribution in [2.24, 2.45) is 0 Å². The number of carbonyl (C=O) groups is 1. The molecule has 0 spiro atoms. The summed E-state index contributed by atoms with van der Waals surface area (Å²) in [6, 6.07) is 11.4. The number of rotatable bonds is 5.